The zero-order valence-electron chi connectivity index (χ0n) is 11.3. The molecule has 0 atom stereocenters. The van der Waals surface area contributed by atoms with E-state index in [1.54, 1.807) is 24.3 Å². The maximum absolute atomic E-state index is 11.6. The first kappa shape index (κ1) is 16.4. The second-order valence-corrected chi connectivity index (χ2v) is 4.17. The number of hydrogen-bond donors (Lipinski definition) is 4. The molecule has 0 heterocycles. The van der Waals surface area contributed by atoms with Gasteiger partial charge >= 0.3 is 12.0 Å². The number of nitrogens with two attached hydrogens (primary N) is 1. The normalized spacial score (nSPS) is 9.90. The van der Waals surface area contributed by atoms with E-state index >= 15 is 0 Å². The number of carbonyl (C=O) groups excluding carboxylic acids is 2. The Morgan fingerprint density at radius 3 is 2.71 bits per heavy atom. The number of primary amides is 1. The van der Waals surface area contributed by atoms with Crippen LogP contribution in [0.3, 0.4) is 0 Å². The number of carboxylic acid groups (broad SMARTS) is 1. The van der Waals surface area contributed by atoms with Gasteiger partial charge in [-0.15, -0.1) is 0 Å². The van der Waals surface area contributed by atoms with Gasteiger partial charge in [-0.1, -0.05) is 12.1 Å². The van der Waals surface area contributed by atoms with Crippen LogP contribution >= 0.6 is 0 Å². The second-order valence-electron chi connectivity index (χ2n) is 4.17. The number of nitrogens with one attached hydrogen (secondary N) is 2. The molecule has 114 valence electrons. The molecule has 0 saturated heterocycles. The van der Waals surface area contributed by atoms with Crippen molar-refractivity contribution < 1.29 is 24.2 Å². The maximum atomic E-state index is 11.6. The van der Waals surface area contributed by atoms with Gasteiger partial charge in [0, 0.05) is 12.2 Å². The molecule has 0 aliphatic heterocycles. The van der Waals surface area contributed by atoms with Crippen LogP contribution in [-0.2, 0) is 20.7 Å². The topological polar surface area (TPSA) is 131 Å². The van der Waals surface area contributed by atoms with Crippen molar-refractivity contribution in [2.75, 3.05) is 25.1 Å². The molecule has 1 aromatic carbocycles. The summed E-state index contributed by atoms with van der Waals surface area (Å²) in [7, 11) is 0. The highest BCUT2D eigenvalue weighted by atomic mass is 16.5. The molecule has 0 fully saturated rings. The van der Waals surface area contributed by atoms with E-state index in [0.717, 1.165) is 0 Å². The van der Waals surface area contributed by atoms with E-state index in [1.807, 2.05) is 0 Å². The van der Waals surface area contributed by atoms with Crippen molar-refractivity contribution in [3.63, 3.8) is 0 Å². The monoisotopic (exact) mass is 295 g/mol. The first-order valence-electron chi connectivity index (χ1n) is 6.19. The third-order valence-corrected chi connectivity index (χ3v) is 2.32. The van der Waals surface area contributed by atoms with Crippen LogP contribution in [0.2, 0.25) is 0 Å². The van der Waals surface area contributed by atoms with Crippen LogP contribution in [0.4, 0.5) is 10.5 Å². The number of aliphatic carboxylic acids is 1. The lowest BCUT2D eigenvalue weighted by molar-refractivity contribution is -0.136. The van der Waals surface area contributed by atoms with E-state index in [-0.39, 0.29) is 26.2 Å². The van der Waals surface area contributed by atoms with Crippen LogP contribution in [0.5, 0.6) is 0 Å². The number of benzene rings is 1. The molecule has 5 N–H and O–H groups in total. The van der Waals surface area contributed by atoms with Crippen LogP contribution in [0.25, 0.3) is 0 Å². The van der Waals surface area contributed by atoms with E-state index in [9.17, 15) is 14.4 Å². The summed E-state index contributed by atoms with van der Waals surface area (Å²) >= 11 is 0. The number of amides is 3. The van der Waals surface area contributed by atoms with Crippen LogP contribution in [0.1, 0.15) is 5.56 Å². The molecule has 8 heteroatoms. The van der Waals surface area contributed by atoms with Gasteiger partial charge in [-0.05, 0) is 17.7 Å². The standard InChI is InChI=1S/C13H17N3O5/c14-11(17)8-21-5-4-15-13(20)16-10-3-1-2-9(6-10)7-12(18)19/h1-3,6H,4-5,7-8H2,(H2,14,17)(H,18,19)(H2,15,16,20). The summed E-state index contributed by atoms with van der Waals surface area (Å²) in [4.78, 5) is 32.6. The van der Waals surface area contributed by atoms with E-state index in [4.69, 9.17) is 15.6 Å². The first-order valence-corrected chi connectivity index (χ1v) is 6.19. The van der Waals surface area contributed by atoms with Gasteiger partial charge in [0.25, 0.3) is 0 Å². The van der Waals surface area contributed by atoms with E-state index in [2.05, 4.69) is 10.6 Å². The fourth-order valence-electron chi connectivity index (χ4n) is 1.52. The Labute approximate surface area is 121 Å². The summed E-state index contributed by atoms with van der Waals surface area (Å²) in [6.07, 6.45) is -0.113. The molecule has 0 aliphatic carbocycles. The number of rotatable bonds is 8. The van der Waals surface area contributed by atoms with E-state index in [1.165, 1.54) is 0 Å². The van der Waals surface area contributed by atoms with Crippen LogP contribution in [0.15, 0.2) is 24.3 Å². The number of anilines is 1. The lowest BCUT2D eigenvalue weighted by Gasteiger charge is -2.08. The van der Waals surface area contributed by atoms with Crippen LogP contribution in [-0.4, -0.2) is 42.8 Å². The van der Waals surface area contributed by atoms with Gasteiger partial charge < -0.3 is 26.2 Å². The van der Waals surface area contributed by atoms with Crippen molar-refractivity contribution in [1.82, 2.24) is 5.32 Å². The largest absolute Gasteiger partial charge is 0.481 e. The minimum Gasteiger partial charge on any atom is -0.481 e. The lowest BCUT2D eigenvalue weighted by atomic mass is 10.1. The van der Waals surface area contributed by atoms with Gasteiger partial charge in [-0.25, -0.2) is 4.79 Å². The Morgan fingerprint density at radius 1 is 1.29 bits per heavy atom. The van der Waals surface area contributed by atoms with Gasteiger partial charge in [0.2, 0.25) is 5.91 Å². The average molecular weight is 295 g/mol. The molecule has 0 saturated carbocycles. The molecule has 0 unspecified atom stereocenters. The van der Waals surface area contributed by atoms with E-state index in [0.29, 0.717) is 11.3 Å². The van der Waals surface area contributed by atoms with Crippen molar-refractivity contribution in [3.05, 3.63) is 29.8 Å². The first-order chi connectivity index (χ1) is 9.97. The van der Waals surface area contributed by atoms with Gasteiger partial charge in [0.1, 0.15) is 6.61 Å². The molecule has 0 aromatic heterocycles. The third-order valence-electron chi connectivity index (χ3n) is 2.32. The highest BCUT2D eigenvalue weighted by Crippen LogP contribution is 2.11. The Kier molecular flexibility index (Phi) is 6.69. The molecule has 1 aromatic rings. The third kappa shape index (κ3) is 7.53. The van der Waals surface area contributed by atoms with Crippen molar-refractivity contribution in [3.8, 4) is 0 Å². The predicted octanol–water partition coefficient (Wildman–Crippen LogP) is -0.0629. The van der Waals surface area contributed by atoms with Gasteiger partial charge in [-0.3, -0.25) is 9.59 Å². The number of carbonyl (C=O) groups is 3. The quantitative estimate of drug-likeness (QED) is 0.499. The molecular formula is C13H17N3O5. The van der Waals surface area contributed by atoms with Gasteiger partial charge in [0.15, 0.2) is 0 Å². The number of ether oxygens (including phenoxy) is 1. The van der Waals surface area contributed by atoms with Crippen molar-refractivity contribution >= 4 is 23.6 Å². The molecule has 8 nitrogen and oxygen atoms in total. The number of hydrogen-bond acceptors (Lipinski definition) is 4. The molecule has 0 aliphatic rings. The van der Waals surface area contributed by atoms with Crippen LogP contribution < -0.4 is 16.4 Å². The molecule has 0 radical (unpaired) electrons. The summed E-state index contributed by atoms with van der Waals surface area (Å²) in [5.74, 6) is -1.52. The molecule has 0 spiro atoms. The highest BCUT2D eigenvalue weighted by Gasteiger charge is 2.04. The Bertz CT molecular complexity index is 518. The van der Waals surface area contributed by atoms with Crippen molar-refractivity contribution in [2.45, 2.75) is 6.42 Å². The SMILES string of the molecule is NC(=O)COCCNC(=O)Nc1cccc(CC(=O)O)c1. The maximum Gasteiger partial charge on any atom is 0.319 e. The average Bonchev–Trinajstić information content (AvgIpc) is 2.37. The molecule has 0 bridgehead atoms. The number of urea groups is 1. The molecule has 1 rings (SSSR count). The summed E-state index contributed by atoms with van der Waals surface area (Å²) < 4.78 is 4.88. The van der Waals surface area contributed by atoms with Crippen LogP contribution in [0, 0.1) is 0 Å². The second kappa shape index (κ2) is 8.54. The summed E-state index contributed by atoms with van der Waals surface area (Å²) in [5.41, 5.74) is 5.96. The zero-order valence-corrected chi connectivity index (χ0v) is 11.3. The Morgan fingerprint density at radius 2 is 2.05 bits per heavy atom. The predicted molar refractivity (Wildman–Crippen MR) is 74.8 cm³/mol. The van der Waals surface area contributed by atoms with Gasteiger partial charge in [0.05, 0.1) is 13.0 Å². The van der Waals surface area contributed by atoms with Crippen molar-refractivity contribution in [1.29, 1.82) is 0 Å². The molecule has 3 amide bonds. The summed E-state index contributed by atoms with van der Waals surface area (Å²) in [6.45, 7) is 0.184. The van der Waals surface area contributed by atoms with Crippen molar-refractivity contribution in [2.24, 2.45) is 5.73 Å². The zero-order chi connectivity index (χ0) is 15.7. The Balaban J connectivity index is 2.34. The fraction of sp³-hybridized carbons (Fsp3) is 0.308. The number of carboxylic acids is 1. The smallest absolute Gasteiger partial charge is 0.319 e. The summed E-state index contributed by atoms with van der Waals surface area (Å²) in [5, 5.41) is 13.8. The fourth-order valence-corrected chi connectivity index (χ4v) is 1.52. The minimum atomic E-state index is -0.941. The summed E-state index contributed by atoms with van der Waals surface area (Å²) in [6, 6.07) is 6.09. The minimum absolute atomic E-state index is 0.113. The Hall–Kier alpha value is -2.61. The van der Waals surface area contributed by atoms with Gasteiger partial charge in [-0.2, -0.15) is 0 Å². The van der Waals surface area contributed by atoms with E-state index < -0.39 is 17.9 Å². The molecule has 21 heavy (non-hydrogen) atoms. The molecular weight excluding hydrogens is 278 g/mol. The highest BCUT2D eigenvalue weighted by molar-refractivity contribution is 5.89. The lowest BCUT2D eigenvalue weighted by Crippen LogP contribution is -2.32.